The third-order valence-electron chi connectivity index (χ3n) is 4.57. The van der Waals surface area contributed by atoms with Crippen molar-refractivity contribution in [1.29, 1.82) is 0 Å². The van der Waals surface area contributed by atoms with Gasteiger partial charge in [-0.15, -0.1) is 0 Å². The molecular formula is C18H23N3O4. The lowest BCUT2D eigenvalue weighted by Crippen LogP contribution is -2.50. The topological polar surface area (TPSA) is 86.6 Å². The molecule has 134 valence electrons. The lowest BCUT2D eigenvalue weighted by Gasteiger charge is -2.35. The molecule has 25 heavy (non-hydrogen) atoms. The number of amides is 2. The molecule has 2 aromatic rings. The van der Waals surface area contributed by atoms with E-state index >= 15 is 0 Å². The molecule has 0 bridgehead atoms. The highest BCUT2D eigenvalue weighted by molar-refractivity contribution is 5.81. The van der Waals surface area contributed by atoms with Crippen molar-refractivity contribution in [3.63, 3.8) is 0 Å². The Bertz CT molecular complexity index is 815. The van der Waals surface area contributed by atoms with Gasteiger partial charge in [0.2, 0.25) is 11.8 Å². The van der Waals surface area contributed by atoms with Crippen molar-refractivity contribution in [3.8, 4) is 0 Å². The fourth-order valence-corrected chi connectivity index (χ4v) is 3.09. The molecule has 1 fully saturated rings. The first-order valence-corrected chi connectivity index (χ1v) is 8.74. The van der Waals surface area contributed by atoms with E-state index in [1.54, 1.807) is 23.1 Å². The summed E-state index contributed by atoms with van der Waals surface area (Å²) in [6.45, 7) is 4.41. The molecule has 7 nitrogen and oxygen atoms in total. The lowest BCUT2D eigenvalue weighted by atomic mass is 10.1. The highest BCUT2D eigenvalue weighted by atomic mass is 16.4. The number of benzene rings is 1. The van der Waals surface area contributed by atoms with Gasteiger partial charge in [0.1, 0.15) is 0 Å². The minimum atomic E-state index is -0.498. The van der Waals surface area contributed by atoms with Crippen molar-refractivity contribution >= 4 is 22.9 Å². The fourth-order valence-electron chi connectivity index (χ4n) is 3.09. The third-order valence-corrected chi connectivity index (χ3v) is 4.57. The van der Waals surface area contributed by atoms with E-state index in [0.29, 0.717) is 43.7 Å². The van der Waals surface area contributed by atoms with Crippen LogP contribution in [0.1, 0.15) is 31.7 Å². The van der Waals surface area contributed by atoms with Crippen LogP contribution in [0, 0.1) is 0 Å². The van der Waals surface area contributed by atoms with Gasteiger partial charge in [-0.25, -0.2) is 4.79 Å². The number of aromatic amines is 1. The van der Waals surface area contributed by atoms with Crippen LogP contribution in [0.25, 0.3) is 11.1 Å². The maximum atomic E-state index is 12.5. The molecule has 1 aromatic carbocycles. The zero-order valence-corrected chi connectivity index (χ0v) is 14.4. The highest BCUT2D eigenvalue weighted by Crippen LogP contribution is 2.14. The van der Waals surface area contributed by atoms with Crippen molar-refractivity contribution in [2.45, 2.75) is 32.6 Å². The van der Waals surface area contributed by atoms with Gasteiger partial charge >= 0.3 is 5.76 Å². The molecule has 0 saturated carbocycles. The number of oxazole rings is 1. The number of hydrogen-bond donors (Lipinski definition) is 1. The van der Waals surface area contributed by atoms with E-state index in [4.69, 9.17) is 4.42 Å². The fraction of sp³-hybridized carbons (Fsp3) is 0.500. The number of piperazine rings is 1. The maximum Gasteiger partial charge on any atom is 0.417 e. The van der Waals surface area contributed by atoms with E-state index in [0.717, 1.165) is 18.4 Å². The summed E-state index contributed by atoms with van der Waals surface area (Å²) in [5.74, 6) is -0.281. The van der Waals surface area contributed by atoms with E-state index in [1.807, 2.05) is 4.90 Å². The van der Waals surface area contributed by atoms with Crippen LogP contribution in [0.4, 0.5) is 0 Å². The normalized spacial score (nSPS) is 14.9. The molecule has 1 saturated heterocycles. The van der Waals surface area contributed by atoms with E-state index in [1.165, 1.54) is 0 Å². The van der Waals surface area contributed by atoms with Crippen LogP contribution in [-0.4, -0.2) is 52.8 Å². The molecule has 1 aliphatic heterocycles. The van der Waals surface area contributed by atoms with Gasteiger partial charge < -0.3 is 14.2 Å². The molecule has 0 unspecified atom stereocenters. The molecule has 1 aromatic heterocycles. The Morgan fingerprint density at radius 1 is 1.12 bits per heavy atom. The average molecular weight is 345 g/mol. The van der Waals surface area contributed by atoms with Crippen LogP contribution in [0.3, 0.4) is 0 Å². The number of hydrogen-bond acceptors (Lipinski definition) is 4. The number of rotatable bonds is 5. The second-order valence-corrected chi connectivity index (χ2v) is 6.39. The van der Waals surface area contributed by atoms with Crippen molar-refractivity contribution in [3.05, 3.63) is 34.3 Å². The zero-order chi connectivity index (χ0) is 17.8. The molecule has 0 aliphatic carbocycles. The maximum absolute atomic E-state index is 12.5. The van der Waals surface area contributed by atoms with E-state index in [9.17, 15) is 14.4 Å². The number of fused-ring (bicyclic) bond motifs is 1. The molecular weight excluding hydrogens is 322 g/mol. The number of H-pyrrole nitrogens is 1. The highest BCUT2D eigenvalue weighted by Gasteiger charge is 2.23. The van der Waals surface area contributed by atoms with E-state index in [-0.39, 0.29) is 18.2 Å². The molecule has 1 aliphatic rings. The molecule has 1 N–H and O–H groups in total. The van der Waals surface area contributed by atoms with Crippen molar-refractivity contribution in [2.24, 2.45) is 0 Å². The first-order valence-electron chi connectivity index (χ1n) is 8.74. The minimum absolute atomic E-state index is 0.0332. The van der Waals surface area contributed by atoms with E-state index in [2.05, 4.69) is 11.9 Å². The van der Waals surface area contributed by atoms with Crippen molar-refractivity contribution < 1.29 is 14.0 Å². The summed E-state index contributed by atoms with van der Waals surface area (Å²) in [6.07, 6.45) is 2.79. The summed E-state index contributed by atoms with van der Waals surface area (Å²) in [5, 5.41) is 0. The van der Waals surface area contributed by atoms with Crippen LogP contribution >= 0.6 is 0 Å². The van der Waals surface area contributed by atoms with Crippen LogP contribution < -0.4 is 5.76 Å². The summed E-state index contributed by atoms with van der Waals surface area (Å²) in [5.41, 5.74) is 1.91. The van der Waals surface area contributed by atoms with Crippen LogP contribution in [0.15, 0.2) is 27.4 Å². The van der Waals surface area contributed by atoms with Gasteiger partial charge in [-0.05, 0) is 24.1 Å². The summed E-state index contributed by atoms with van der Waals surface area (Å²) < 4.78 is 4.96. The van der Waals surface area contributed by atoms with Gasteiger partial charge in [0.05, 0.1) is 11.9 Å². The van der Waals surface area contributed by atoms with Gasteiger partial charge in [-0.2, -0.15) is 0 Å². The van der Waals surface area contributed by atoms with Gasteiger partial charge in [0.25, 0.3) is 0 Å². The number of carbonyl (C=O) groups is 2. The number of aromatic nitrogens is 1. The van der Waals surface area contributed by atoms with Crippen molar-refractivity contribution in [1.82, 2.24) is 14.8 Å². The van der Waals surface area contributed by atoms with Gasteiger partial charge in [-0.3, -0.25) is 14.6 Å². The molecule has 3 rings (SSSR count). The molecule has 0 atom stereocenters. The first-order chi connectivity index (χ1) is 12.1. The van der Waals surface area contributed by atoms with Crippen LogP contribution in [0.5, 0.6) is 0 Å². The standard InChI is InChI=1S/C18H23N3O4/c1-2-3-4-16(22)20-7-9-21(10-8-20)17(23)12-13-5-6-15-14(11-13)19-18(24)25-15/h5-6,11H,2-4,7-10,12H2,1H3,(H,19,24). The SMILES string of the molecule is CCCCC(=O)N1CCN(C(=O)Cc2ccc3oc(=O)[nH]c3c2)CC1. The molecule has 0 spiro atoms. The predicted octanol–water partition coefficient (Wildman–Crippen LogP) is 1.52. The number of nitrogens with one attached hydrogen (secondary N) is 1. The Kier molecular flexibility index (Phi) is 5.21. The Hall–Kier alpha value is -2.57. The number of carbonyl (C=O) groups excluding carboxylic acids is 2. The summed E-state index contributed by atoms with van der Waals surface area (Å²) in [7, 11) is 0. The summed E-state index contributed by atoms with van der Waals surface area (Å²) >= 11 is 0. The summed E-state index contributed by atoms with van der Waals surface area (Å²) in [6, 6.07) is 5.25. The second kappa shape index (κ2) is 7.55. The zero-order valence-electron chi connectivity index (χ0n) is 14.4. The van der Waals surface area contributed by atoms with Gasteiger partial charge in [-0.1, -0.05) is 19.4 Å². The number of nitrogens with zero attached hydrogens (tertiary/aromatic N) is 2. The Balaban J connectivity index is 1.55. The van der Waals surface area contributed by atoms with Gasteiger partial charge in [0, 0.05) is 32.6 Å². The predicted molar refractivity (Wildman–Crippen MR) is 93.2 cm³/mol. The smallest absolute Gasteiger partial charge is 0.408 e. The quantitative estimate of drug-likeness (QED) is 0.890. The Morgan fingerprint density at radius 3 is 2.48 bits per heavy atom. The molecule has 7 heteroatoms. The Morgan fingerprint density at radius 2 is 1.80 bits per heavy atom. The molecule has 2 heterocycles. The van der Waals surface area contributed by atoms with Crippen LogP contribution in [-0.2, 0) is 16.0 Å². The lowest BCUT2D eigenvalue weighted by molar-refractivity contribution is -0.139. The van der Waals surface area contributed by atoms with Crippen LogP contribution in [0.2, 0.25) is 0 Å². The average Bonchev–Trinajstić information content (AvgIpc) is 2.99. The minimum Gasteiger partial charge on any atom is -0.408 e. The third kappa shape index (κ3) is 4.10. The Labute approximate surface area is 145 Å². The molecule has 2 amide bonds. The van der Waals surface area contributed by atoms with E-state index < -0.39 is 5.76 Å². The first kappa shape index (κ1) is 17.3. The molecule has 0 radical (unpaired) electrons. The number of unbranched alkanes of at least 4 members (excludes halogenated alkanes) is 1. The largest absolute Gasteiger partial charge is 0.417 e. The van der Waals surface area contributed by atoms with Gasteiger partial charge in [0.15, 0.2) is 5.58 Å². The van der Waals surface area contributed by atoms with Crippen molar-refractivity contribution in [2.75, 3.05) is 26.2 Å². The summed E-state index contributed by atoms with van der Waals surface area (Å²) in [4.78, 5) is 42.0. The monoisotopic (exact) mass is 345 g/mol. The second-order valence-electron chi connectivity index (χ2n) is 6.39.